The lowest BCUT2D eigenvalue weighted by molar-refractivity contribution is 0.249. The first kappa shape index (κ1) is 16.0. The molecule has 0 aliphatic carbocycles. The molecule has 0 heterocycles. The Balaban J connectivity index is 2.95. The van der Waals surface area contributed by atoms with Crippen molar-refractivity contribution in [2.75, 3.05) is 13.1 Å². The number of phenols is 1. The summed E-state index contributed by atoms with van der Waals surface area (Å²) in [6.07, 6.45) is 0. The molecule has 0 unspecified atom stereocenters. The van der Waals surface area contributed by atoms with E-state index in [1.165, 1.54) is 0 Å². The van der Waals surface area contributed by atoms with Gasteiger partial charge in [0.25, 0.3) is 0 Å². The van der Waals surface area contributed by atoms with Gasteiger partial charge in [-0.1, -0.05) is 13.8 Å². The molecule has 0 bridgehead atoms. The Kier molecular flexibility index (Phi) is 5.99. The number of nitrogens with zero attached hydrogens (tertiary/aromatic N) is 2. The molecular formula is C14H22N4O2. The normalized spacial score (nSPS) is 11.7. The molecule has 0 radical (unpaired) electrons. The van der Waals surface area contributed by atoms with Crippen LogP contribution in [-0.2, 0) is 6.54 Å². The van der Waals surface area contributed by atoms with E-state index < -0.39 is 6.03 Å². The molecule has 1 aromatic rings. The van der Waals surface area contributed by atoms with Crippen molar-refractivity contribution in [2.45, 2.75) is 27.3 Å². The Morgan fingerprint density at radius 1 is 1.40 bits per heavy atom. The molecule has 0 aromatic heterocycles. The number of amides is 2. The lowest BCUT2D eigenvalue weighted by Gasteiger charge is -2.19. The van der Waals surface area contributed by atoms with Crippen LogP contribution in [0.5, 0.6) is 5.75 Å². The number of hydrogen-bond donors (Lipinski definition) is 3. The summed E-state index contributed by atoms with van der Waals surface area (Å²) in [5.41, 5.74) is 9.46. The molecule has 0 saturated carbocycles. The summed E-state index contributed by atoms with van der Waals surface area (Å²) in [6.45, 7) is 8.42. The fourth-order valence-corrected chi connectivity index (χ4v) is 1.83. The second kappa shape index (κ2) is 7.49. The van der Waals surface area contributed by atoms with Gasteiger partial charge in [-0.25, -0.2) is 10.2 Å². The predicted molar refractivity (Wildman–Crippen MR) is 79.7 cm³/mol. The lowest BCUT2D eigenvalue weighted by atomic mass is 10.1. The van der Waals surface area contributed by atoms with Crippen molar-refractivity contribution in [3.8, 4) is 5.75 Å². The highest BCUT2D eigenvalue weighted by Crippen LogP contribution is 2.20. The fourth-order valence-electron chi connectivity index (χ4n) is 1.83. The first-order valence-corrected chi connectivity index (χ1v) is 6.62. The zero-order chi connectivity index (χ0) is 15.1. The number of carbonyl (C=O) groups excluding carboxylic acids is 1. The number of hydrogen-bond acceptors (Lipinski definition) is 4. The quantitative estimate of drug-likeness (QED) is 0.545. The topological polar surface area (TPSA) is 91.0 Å². The van der Waals surface area contributed by atoms with Crippen molar-refractivity contribution in [2.24, 2.45) is 10.8 Å². The van der Waals surface area contributed by atoms with Crippen molar-refractivity contribution in [3.05, 3.63) is 29.3 Å². The van der Waals surface area contributed by atoms with Crippen LogP contribution >= 0.6 is 0 Å². The Bertz CT molecular complexity index is 496. The van der Waals surface area contributed by atoms with Crippen LogP contribution in [0.3, 0.4) is 0 Å². The molecule has 1 aromatic carbocycles. The number of carbonyl (C=O) groups is 1. The van der Waals surface area contributed by atoms with Crippen LogP contribution in [0, 0.1) is 0 Å². The molecule has 6 heteroatoms. The summed E-state index contributed by atoms with van der Waals surface area (Å²) in [7, 11) is 0. The van der Waals surface area contributed by atoms with Gasteiger partial charge in [-0.2, -0.15) is 5.10 Å². The standard InChI is InChI=1S/C14H22N4O2/c1-4-18(5-2)9-12-8-11(6-7-13(12)19)10(3)16-17-14(15)20/h6-8,19H,4-5,9H2,1-3H3,(H3,15,17,20)/b16-10+. The summed E-state index contributed by atoms with van der Waals surface area (Å²) in [5.74, 6) is 0.260. The first-order valence-electron chi connectivity index (χ1n) is 6.62. The van der Waals surface area contributed by atoms with Gasteiger partial charge < -0.3 is 10.8 Å². The minimum absolute atomic E-state index is 0.260. The van der Waals surface area contributed by atoms with Crippen LogP contribution < -0.4 is 11.2 Å². The van der Waals surface area contributed by atoms with Crippen molar-refractivity contribution >= 4 is 11.7 Å². The van der Waals surface area contributed by atoms with Crippen molar-refractivity contribution in [1.29, 1.82) is 0 Å². The minimum Gasteiger partial charge on any atom is -0.508 e. The maximum absolute atomic E-state index is 10.6. The molecule has 0 fully saturated rings. The third kappa shape index (κ3) is 4.55. The number of nitrogens with one attached hydrogen (secondary N) is 1. The molecule has 0 atom stereocenters. The van der Waals surface area contributed by atoms with E-state index in [0.717, 1.165) is 24.2 Å². The summed E-state index contributed by atoms with van der Waals surface area (Å²) in [6, 6.07) is 4.56. The number of benzene rings is 1. The Hall–Kier alpha value is -2.08. The summed E-state index contributed by atoms with van der Waals surface area (Å²) in [4.78, 5) is 12.8. The number of rotatable bonds is 6. The molecule has 0 aliphatic heterocycles. The third-order valence-corrected chi connectivity index (χ3v) is 3.12. The predicted octanol–water partition coefficient (Wildman–Crippen LogP) is 1.63. The van der Waals surface area contributed by atoms with E-state index in [2.05, 4.69) is 29.3 Å². The van der Waals surface area contributed by atoms with Crippen LogP contribution in [0.2, 0.25) is 0 Å². The van der Waals surface area contributed by atoms with Gasteiger partial charge in [-0.3, -0.25) is 4.90 Å². The van der Waals surface area contributed by atoms with Crippen LogP contribution in [0.15, 0.2) is 23.3 Å². The minimum atomic E-state index is -0.702. The SMILES string of the molecule is CCN(CC)Cc1cc(/C(C)=N/NC(N)=O)ccc1O. The molecule has 110 valence electrons. The van der Waals surface area contributed by atoms with E-state index in [0.29, 0.717) is 12.3 Å². The largest absolute Gasteiger partial charge is 0.508 e. The number of aromatic hydroxyl groups is 1. The van der Waals surface area contributed by atoms with E-state index in [-0.39, 0.29) is 5.75 Å². The zero-order valence-electron chi connectivity index (χ0n) is 12.2. The number of urea groups is 1. The third-order valence-electron chi connectivity index (χ3n) is 3.12. The highest BCUT2D eigenvalue weighted by Gasteiger charge is 2.08. The van der Waals surface area contributed by atoms with E-state index in [1.54, 1.807) is 19.1 Å². The van der Waals surface area contributed by atoms with Gasteiger partial charge in [0.15, 0.2) is 0 Å². The lowest BCUT2D eigenvalue weighted by Crippen LogP contribution is -2.25. The molecule has 20 heavy (non-hydrogen) atoms. The van der Waals surface area contributed by atoms with Gasteiger partial charge in [-0.05, 0) is 43.8 Å². The summed E-state index contributed by atoms with van der Waals surface area (Å²) < 4.78 is 0. The number of hydrazone groups is 1. The van der Waals surface area contributed by atoms with E-state index in [4.69, 9.17) is 5.73 Å². The Labute approximate surface area is 119 Å². The second-order valence-corrected chi connectivity index (χ2v) is 4.48. The molecule has 4 N–H and O–H groups in total. The van der Waals surface area contributed by atoms with Gasteiger partial charge in [0.1, 0.15) is 5.75 Å². The molecule has 2 amide bonds. The van der Waals surface area contributed by atoms with Gasteiger partial charge in [-0.15, -0.1) is 0 Å². The molecule has 0 spiro atoms. The smallest absolute Gasteiger partial charge is 0.332 e. The second-order valence-electron chi connectivity index (χ2n) is 4.48. The fraction of sp³-hybridized carbons (Fsp3) is 0.429. The van der Waals surface area contributed by atoms with Crippen LogP contribution in [0.4, 0.5) is 4.79 Å². The number of primary amides is 1. The zero-order valence-corrected chi connectivity index (χ0v) is 12.2. The van der Waals surface area contributed by atoms with Crippen molar-refractivity contribution in [3.63, 3.8) is 0 Å². The monoisotopic (exact) mass is 278 g/mol. The average Bonchev–Trinajstić information content (AvgIpc) is 2.43. The van der Waals surface area contributed by atoms with E-state index >= 15 is 0 Å². The maximum atomic E-state index is 10.6. The average molecular weight is 278 g/mol. The summed E-state index contributed by atoms with van der Waals surface area (Å²) >= 11 is 0. The van der Waals surface area contributed by atoms with Crippen LogP contribution in [0.25, 0.3) is 0 Å². The molecule has 0 aliphatic rings. The van der Waals surface area contributed by atoms with Gasteiger partial charge >= 0.3 is 6.03 Å². The highest BCUT2D eigenvalue weighted by molar-refractivity contribution is 5.99. The van der Waals surface area contributed by atoms with Gasteiger partial charge in [0.05, 0.1) is 5.71 Å². The van der Waals surface area contributed by atoms with Crippen LogP contribution in [0.1, 0.15) is 31.9 Å². The molecule has 6 nitrogen and oxygen atoms in total. The Morgan fingerprint density at radius 3 is 2.60 bits per heavy atom. The maximum Gasteiger partial charge on any atom is 0.332 e. The number of nitrogens with two attached hydrogens (primary N) is 1. The van der Waals surface area contributed by atoms with Crippen molar-refractivity contribution in [1.82, 2.24) is 10.3 Å². The highest BCUT2D eigenvalue weighted by atomic mass is 16.3. The Morgan fingerprint density at radius 2 is 2.05 bits per heavy atom. The van der Waals surface area contributed by atoms with Crippen molar-refractivity contribution < 1.29 is 9.90 Å². The summed E-state index contributed by atoms with van der Waals surface area (Å²) in [5, 5.41) is 13.8. The molecule has 0 saturated heterocycles. The molecular weight excluding hydrogens is 256 g/mol. The van der Waals surface area contributed by atoms with E-state index in [1.807, 2.05) is 6.07 Å². The van der Waals surface area contributed by atoms with Crippen LogP contribution in [-0.4, -0.2) is 34.8 Å². The number of phenolic OH excluding ortho intramolecular Hbond substituents is 1. The van der Waals surface area contributed by atoms with Gasteiger partial charge in [0, 0.05) is 12.1 Å². The van der Waals surface area contributed by atoms with E-state index in [9.17, 15) is 9.90 Å². The first-order chi connectivity index (χ1) is 9.47. The molecule has 1 rings (SSSR count). The van der Waals surface area contributed by atoms with Gasteiger partial charge in [0.2, 0.25) is 0 Å².